The topological polar surface area (TPSA) is 98.8 Å². The second kappa shape index (κ2) is 3.89. The second-order valence-electron chi connectivity index (χ2n) is 3.78. The molecule has 0 atom stereocenters. The second-order valence-corrected chi connectivity index (χ2v) is 3.78. The number of benzene rings is 1. The molecular weight excluding hydrogens is 222 g/mol. The molecule has 17 heavy (non-hydrogen) atoms. The summed E-state index contributed by atoms with van der Waals surface area (Å²) in [6.07, 6.45) is 0. The van der Waals surface area contributed by atoms with Crippen LogP contribution in [-0.4, -0.2) is 26.3 Å². The first kappa shape index (κ1) is 11.1. The summed E-state index contributed by atoms with van der Waals surface area (Å²) in [5.41, 5.74) is 1.51. The molecule has 0 spiro atoms. The molecule has 0 bridgehead atoms. The summed E-state index contributed by atoms with van der Waals surface area (Å²) in [5.74, 6) is -0.793. The average molecular weight is 233 g/mol. The fraction of sp³-hybridized carbons (Fsp3) is 0.182. The lowest BCUT2D eigenvalue weighted by atomic mass is 9.97. The third-order valence-electron chi connectivity index (χ3n) is 2.57. The van der Waals surface area contributed by atoms with E-state index in [0.29, 0.717) is 11.1 Å². The van der Waals surface area contributed by atoms with Crippen LogP contribution >= 0.6 is 0 Å². The highest BCUT2D eigenvalue weighted by Gasteiger charge is 2.19. The van der Waals surface area contributed by atoms with Gasteiger partial charge in [0.15, 0.2) is 5.82 Å². The number of carboxylic acid groups (broad SMARTS) is 1. The summed E-state index contributed by atoms with van der Waals surface area (Å²) in [7, 11) is 0. The van der Waals surface area contributed by atoms with Gasteiger partial charge in [-0.25, -0.2) is 14.7 Å². The minimum Gasteiger partial charge on any atom is -0.478 e. The number of nitrogens with zero attached hydrogens (tertiary/aromatic N) is 1. The van der Waals surface area contributed by atoms with Gasteiger partial charge in [-0.2, -0.15) is 5.10 Å². The van der Waals surface area contributed by atoms with Crippen molar-refractivity contribution in [1.29, 1.82) is 0 Å². The third kappa shape index (κ3) is 1.84. The number of hydrogen-bond acceptors (Lipinski definition) is 3. The van der Waals surface area contributed by atoms with E-state index in [4.69, 9.17) is 0 Å². The van der Waals surface area contributed by atoms with Crippen molar-refractivity contribution in [2.24, 2.45) is 0 Å². The molecule has 0 aliphatic rings. The van der Waals surface area contributed by atoms with Crippen LogP contribution in [-0.2, 0) is 0 Å². The number of aromatic carboxylic acids is 1. The molecule has 0 radical (unpaired) electrons. The van der Waals surface area contributed by atoms with Crippen molar-refractivity contribution in [3.05, 3.63) is 39.3 Å². The maximum atomic E-state index is 11.2. The fourth-order valence-electron chi connectivity index (χ4n) is 1.78. The Hall–Kier alpha value is -2.37. The van der Waals surface area contributed by atoms with Crippen molar-refractivity contribution in [2.75, 3.05) is 0 Å². The maximum absolute atomic E-state index is 11.2. The predicted molar refractivity (Wildman–Crippen MR) is 61.1 cm³/mol. The van der Waals surface area contributed by atoms with E-state index < -0.39 is 11.7 Å². The van der Waals surface area contributed by atoms with Gasteiger partial charge in [0.05, 0.1) is 5.56 Å². The Morgan fingerprint density at radius 2 is 1.94 bits per heavy atom. The van der Waals surface area contributed by atoms with E-state index in [9.17, 15) is 14.7 Å². The smallest absolute Gasteiger partial charge is 0.340 e. The van der Waals surface area contributed by atoms with Crippen molar-refractivity contribution in [1.82, 2.24) is 15.2 Å². The highest BCUT2D eigenvalue weighted by molar-refractivity contribution is 5.97. The molecule has 0 aliphatic heterocycles. The number of hydrogen-bond donors (Lipinski definition) is 3. The van der Waals surface area contributed by atoms with Crippen molar-refractivity contribution in [3.8, 4) is 11.4 Å². The van der Waals surface area contributed by atoms with Gasteiger partial charge in [0, 0.05) is 5.56 Å². The highest BCUT2D eigenvalue weighted by Crippen LogP contribution is 2.26. The number of aromatic amines is 2. The first-order chi connectivity index (χ1) is 8.00. The number of aryl methyl sites for hydroxylation is 2. The van der Waals surface area contributed by atoms with Crippen LogP contribution in [0.5, 0.6) is 0 Å². The zero-order chi connectivity index (χ0) is 12.6. The number of carboxylic acids is 1. The fourth-order valence-corrected chi connectivity index (χ4v) is 1.78. The Bertz CT molecular complexity index is 640. The number of carbonyl (C=O) groups is 1. The summed E-state index contributed by atoms with van der Waals surface area (Å²) < 4.78 is 0. The van der Waals surface area contributed by atoms with E-state index in [1.807, 2.05) is 0 Å². The predicted octanol–water partition coefficient (Wildman–Crippen LogP) is 1.08. The molecule has 88 valence electrons. The maximum Gasteiger partial charge on any atom is 0.340 e. The Morgan fingerprint density at radius 3 is 2.47 bits per heavy atom. The minimum absolute atomic E-state index is 0.160. The van der Waals surface area contributed by atoms with Crippen molar-refractivity contribution >= 4 is 5.97 Å². The monoisotopic (exact) mass is 233 g/mol. The van der Waals surface area contributed by atoms with Crippen LogP contribution in [0.3, 0.4) is 0 Å². The Kier molecular flexibility index (Phi) is 2.55. The van der Waals surface area contributed by atoms with E-state index >= 15 is 0 Å². The highest BCUT2D eigenvalue weighted by atomic mass is 16.4. The summed E-state index contributed by atoms with van der Waals surface area (Å²) in [6.45, 7) is 3.48. The Labute approximate surface area is 96.3 Å². The molecule has 1 aromatic carbocycles. The normalized spacial score (nSPS) is 10.5. The standard InChI is InChI=1S/C11H11N3O3/c1-5-3-4-6(2)8(10(15)16)7(5)9-12-11(17)14-13-9/h3-4H,1-2H3,(H,15,16)(H2,12,13,14,17). The molecule has 3 N–H and O–H groups in total. The molecule has 0 fully saturated rings. The van der Waals surface area contributed by atoms with Gasteiger partial charge in [0.25, 0.3) is 0 Å². The molecule has 1 heterocycles. The van der Waals surface area contributed by atoms with Crippen molar-refractivity contribution in [2.45, 2.75) is 13.8 Å². The van der Waals surface area contributed by atoms with Crippen LogP contribution in [0.1, 0.15) is 21.5 Å². The lowest BCUT2D eigenvalue weighted by Gasteiger charge is -2.09. The average Bonchev–Trinajstić information content (AvgIpc) is 2.67. The van der Waals surface area contributed by atoms with Crippen LogP contribution in [0.25, 0.3) is 11.4 Å². The molecule has 1 aromatic heterocycles. The minimum atomic E-state index is -1.04. The van der Waals surface area contributed by atoms with Gasteiger partial charge >= 0.3 is 11.7 Å². The molecular formula is C11H11N3O3. The first-order valence-corrected chi connectivity index (χ1v) is 4.99. The van der Waals surface area contributed by atoms with Gasteiger partial charge in [-0.05, 0) is 25.0 Å². The van der Waals surface area contributed by atoms with E-state index in [1.165, 1.54) is 0 Å². The summed E-state index contributed by atoms with van der Waals surface area (Å²) in [4.78, 5) is 24.7. The van der Waals surface area contributed by atoms with Gasteiger partial charge in [-0.3, -0.25) is 4.98 Å². The number of nitrogens with one attached hydrogen (secondary N) is 2. The van der Waals surface area contributed by atoms with E-state index in [0.717, 1.165) is 5.56 Å². The molecule has 0 aliphatic carbocycles. The summed E-state index contributed by atoms with van der Waals surface area (Å²) in [6, 6.07) is 3.52. The van der Waals surface area contributed by atoms with Gasteiger partial charge < -0.3 is 5.11 Å². The molecule has 0 unspecified atom stereocenters. The van der Waals surface area contributed by atoms with E-state index in [1.54, 1.807) is 26.0 Å². The molecule has 6 nitrogen and oxygen atoms in total. The lowest BCUT2D eigenvalue weighted by molar-refractivity contribution is 0.0697. The van der Waals surface area contributed by atoms with Crippen LogP contribution in [0, 0.1) is 13.8 Å². The SMILES string of the molecule is Cc1ccc(C)c(-c2n[nH]c(=O)[nH]2)c1C(=O)O. The lowest BCUT2D eigenvalue weighted by Crippen LogP contribution is -2.06. The third-order valence-corrected chi connectivity index (χ3v) is 2.57. The molecule has 0 saturated carbocycles. The Morgan fingerprint density at radius 1 is 1.29 bits per heavy atom. The van der Waals surface area contributed by atoms with Crippen LogP contribution in [0.2, 0.25) is 0 Å². The van der Waals surface area contributed by atoms with Gasteiger partial charge in [-0.1, -0.05) is 12.1 Å². The first-order valence-electron chi connectivity index (χ1n) is 4.99. The quantitative estimate of drug-likeness (QED) is 0.722. The molecule has 2 aromatic rings. The molecule has 6 heteroatoms. The van der Waals surface area contributed by atoms with Crippen molar-refractivity contribution < 1.29 is 9.90 Å². The molecule has 0 amide bonds. The van der Waals surface area contributed by atoms with Crippen LogP contribution < -0.4 is 5.69 Å². The van der Waals surface area contributed by atoms with Crippen LogP contribution in [0.15, 0.2) is 16.9 Å². The number of aromatic nitrogens is 3. The van der Waals surface area contributed by atoms with Gasteiger partial charge in [-0.15, -0.1) is 0 Å². The van der Waals surface area contributed by atoms with Gasteiger partial charge in [0.1, 0.15) is 0 Å². The summed E-state index contributed by atoms with van der Waals surface area (Å²) in [5, 5.41) is 15.2. The number of rotatable bonds is 2. The number of H-pyrrole nitrogens is 2. The Balaban J connectivity index is 2.79. The zero-order valence-electron chi connectivity index (χ0n) is 9.37. The van der Waals surface area contributed by atoms with Crippen molar-refractivity contribution in [3.63, 3.8) is 0 Å². The van der Waals surface area contributed by atoms with E-state index in [2.05, 4.69) is 15.2 Å². The van der Waals surface area contributed by atoms with Gasteiger partial charge in [0.2, 0.25) is 0 Å². The molecule has 2 rings (SSSR count). The molecule has 0 saturated heterocycles. The van der Waals surface area contributed by atoms with Crippen LogP contribution in [0.4, 0.5) is 0 Å². The summed E-state index contributed by atoms with van der Waals surface area (Å²) >= 11 is 0. The zero-order valence-corrected chi connectivity index (χ0v) is 9.37. The largest absolute Gasteiger partial charge is 0.478 e. The van der Waals surface area contributed by atoms with E-state index in [-0.39, 0.29) is 11.4 Å².